The zero-order valence-corrected chi connectivity index (χ0v) is 12.8. The Morgan fingerprint density at radius 2 is 1.58 bits per heavy atom. The molecule has 0 aliphatic heterocycles. The van der Waals surface area contributed by atoms with Crippen LogP contribution < -0.4 is 0 Å². The van der Waals surface area contributed by atoms with E-state index in [1.165, 1.54) is 0 Å². The van der Waals surface area contributed by atoms with Crippen molar-refractivity contribution in [1.29, 1.82) is 0 Å². The molecule has 0 amide bonds. The van der Waals surface area contributed by atoms with E-state index in [9.17, 15) is 31.4 Å². The summed E-state index contributed by atoms with van der Waals surface area (Å²) >= 11 is 0. The van der Waals surface area contributed by atoms with Gasteiger partial charge < -0.3 is 10.1 Å². The van der Waals surface area contributed by atoms with Gasteiger partial charge in [-0.1, -0.05) is 24.3 Å². The number of hydrogen-bond donors (Lipinski definition) is 2. The van der Waals surface area contributed by atoms with Gasteiger partial charge >= 0.3 is 12.4 Å². The van der Waals surface area contributed by atoms with Gasteiger partial charge in [-0.2, -0.15) is 26.3 Å². The fourth-order valence-electron chi connectivity index (χ4n) is 2.60. The van der Waals surface area contributed by atoms with Crippen molar-refractivity contribution in [1.82, 2.24) is 4.98 Å². The summed E-state index contributed by atoms with van der Waals surface area (Å²) in [5.41, 5.74) is -4.00. The number of aliphatic imine (C=N–C) groups is 1. The SMILES string of the molecule is Oc1[nH]c2ccccc2c1C=Nc1cccc(C(F)(F)F)c1C(F)(F)F. The molecule has 0 saturated heterocycles. The highest BCUT2D eigenvalue weighted by atomic mass is 19.4. The number of halogens is 6. The van der Waals surface area contributed by atoms with Crippen molar-refractivity contribution in [2.75, 3.05) is 0 Å². The number of aromatic amines is 1. The van der Waals surface area contributed by atoms with E-state index in [1.54, 1.807) is 24.3 Å². The first-order valence-corrected chi connectivity index (χ1v) is 7.20. The molecule has 0 saturated carbocycles. The summed E-state index contributed by atoms with van der Waals surface area (Å²) < 4.78 is 78.5. The van der Waals surface area contributed by atoms with Gasteiger partial charge in [-0.15, -0.1) is 0 Å². The highest BCUT2D eigenvalue weighted by molar-refractivity contribution is 6.02. The first kappa shape index (κ1) is 17.8. The third kappa shape index (κ3) is 3.24. The minimum atomic E-state index is -5.25. The van der Waals surface area contributed by atoms with Crippen molar-refractivity contribution < 1.29 is 31.4 Å². The van der Waals surface area contributed by atoms with Gasteiger partial charge in [0.1, 0.15) is 0 Å². The highest BCUT2D eigenvalue weighted by Gasteiger charge is 2.44. The molecule has 0 aliphatic carbocycles. The Bertz CT molecular complexity index is 985. The van der Waals surface area contributed by atoms with Gasteiger partial charge in [-0.3, -0.25) is 4.99 Å². The number of nitrogens with one attached hydrogen (secondary N) is 1. The van der Waals surface area contributed by atoms with Gasteiger partial charge in [0.15, 0.2) is 5.88 Å². The van der Waals surface area contributed by atoms with Crippen LogP contribution in [-0.4, -0.2) is 16.3 Å². The molecule has 3 rings (SSSR count). The largest absolute Gasteiger partial charge is 0.494 e. The number of nitrogens with zero attached hydrogens (tertiary/aromatic N) is 1. The fraction of sp³-hybridized carbons (Fsp3) is 0.118. The number of benzene rings is 2. The molecule has 0 spiro atoms. The standard InChI is InChI=1S/C17H10F6N2O/c18-16(19,20)11-5-3-7-13(14(11)17(21,22)23)24-8-10-9-4-1-2-6-12(9)25-15(10)26/h1-8,25-26H. The van der Waals surface area contributed by atoms with Gasteiger partial charge in [0.05, 0.1) is 22.4 Å². The van der Waals surface area contributed by atoms with Crippen LogP contribution in [0.25, 0.3) is 10.9 Å². The van der Waals surface area contributed by atoms with Crippen LogP contribution in [-0.2, 0) is 12.4 Å². The molecule has 0 fully saturated rings. The summed E-state index contributed by atoms with van der Waals surface area (Å²) in [4.78, 5) is 6.18. The maximum atomic E-state index is 13.2. The fourth-order valence-corrected chi connectivity index (χ4v) is 2.60. The third-order valence-corrected chi connectivity index (χ3v) is 3.69. The Morgan fingerprint density at radius 1 is 0.885 bits per heavy atom. The van der Waals surface area contributed by atoms with Crippen molar-refractivity contribution in [2.24, 2.45) is 4.99 Å². The number of rotatable bonds is 2. The summed E-state index contributed by atoms with van der Waals surface area (Å²) in [6, 6.07) is 8.55. The van der Waals surface area contributed by atoms with E-state index in [-0.39, 0.29) is 11.4 Å². The first-order chi connectivity index (χ1) is 12.1. The molecule has 9 heteroatoms. The number of alkyl halides is 6. The predicted octanol–water partition coefficient (Wildman–Crippen LogP) is 5.66. The van der Waals surface area contributed by atoms with Crippen LogP contribution in [0.1, 0.15) is 16.7 Å². The summed E-state index contributed by atoms with van der Waals surface area (Å²) in [7, 11) is 0. The van der Waals surface area contributed by atoms with Crippen LogP contribution in [0.15, 0.2) is 47.5 Å². The van der Waals surface area contributed by atoms with Crippen LogP contribution >= 0.6 is 0 Å². The van der Waals surface area contributed by atoms with Crippen LogP contribution in [0.5, 0.6) is 5.88 Å². The van der Waals surface area contributed by atoms with E-state index >= 15 is 0 Å². The minimum Gasteiger partial charge on any atom is -0.494 e. The smallest absolute Gasteiger partial charge is 0.419 e. The lowest BCUT2D eigenvalue weighted by Gasteiger charge is -2.17. The predicted molar refractivity (Wildman–Crippen MR) is 83.7 cm³/mol. The molecule has 1 heterocycles. The second kappa shape index (κ2) is 6.08. The topological polar surface area (TPSA) is 48.4 Å². The van der Waals surface area contributed by atoms with Crippen LogP contribution in [0, 0.1) is 0 Å². The average Bonchev–Trinajstić information content (AvgIpc) is 2.86. The number of H-pyrrole nitrogens is 1. The van der Waals surface area contributed by atoms with E-state index in [4.69, 9.17) is 0 Å². The molecule has 0 unspecified atom stereocenters. The van der Waals surface area contributed by atoms with Crippen LogP contribution in [0.4, 0.5) is 32.0 Å². The maximum absolute atomic E-state index is 13.2. The van der Waals surface area contributed by atoms with Crippen molar-refractivity contribution >= 4 is 22.8 Å². The molecule has 3 aromatic rings. The summed E-state index contributed by atoms with van der Waals surface area (Å²) in [6.45, 7) is 0. The molecular formula is C17H10F6N2O. The molecule has 136 valence electrons. The second-order valence-corrected chi connectivity index (χ2v) is 5.39. The van der Waals surface area contributed by atoms with Gasteiger partial charge in [-0.25, -0.2) is 0 Å². The third-order valence-electron chi connectivity index (χ3n) is 3.69. The Balaban J connectivity index is 2.16. The van der Waals surface area contributed by atoms with Gasteiger partial charge in [0, 0.05) is 17.1 Å². The Hall–Kier alpha value is -2.97. The maximum Gasteiger partial charge on any atom is 0.419 e. The second-order valence-electron chi connectivity index (χ2n) is 5.39. The zero-order valence-electron chi connectivity index (χ0n) is 12.8. The van der Waals surface area contributed by atoms with Gasteiger partial charge in [-0.05, 0) is 18.2 Å². The lowest BCUT2D eigenvalue weighted by molar-refractivity contribution is -0.161. The van der Waals surface area contributed by atoms with Gasteiger partial charge in [0.25, 0.3) is 0 Å². The Labute approximate surface area is 142 Å². The molecule has 3 nitrogen and oxygen atoms in total. The van der Waals surface area contributed by atoms with E-state index < -0.39 is 29.2 Å². The van der Waals surface area contributed by atoms with Crippen molar-refractivity contribution in [3.05, 3.63) is 59.2 Å². The number of hydrogen-bond acceptors (Lipinski definition) is 2. The minimum absolute atomic E-state index is 0.0751. The van der Waals surface area contributed by atoms with E-state index in [0.29, 0.717) is 17.0 Å². The van der Waals surface area contributed by atoms with Crippen LogP contribution in [0.3, 0.4) is 0 Å². The number of para-hydroxylation sites is 1. The van der Waals surface area contributed by atoms with E-state index in [0.717, 1.165) is 18.3 Å². The highest BCUT2D eigenvalue weighted by Crippen LogP contribution is 2.44. The molecular weight excluding hydrogens is 362 g/mol. The quantitative estimate of drug-likeness (QED) is 0.442. The summed E-state index contributed by atoms with van der Waals surface area (Å²) in [5.74, 6) is -0.351. The lowest BCUT2D eigenvalue weighted by atomic mass is 10.0. The van der Waals surface area contributed by atoms with E-state index in [1.807, 2.05) is 0 Å². The average molecular weight is 372 g/mol. The molecule has 1 aromatic heterocycles. The van der Waals surface area contributed by atoms with Crippen molar-refractivity contribution in [3.8, 4) is 5.88 Å². The monoisotopic (exact) mass is 372 g/mol. The molecule has 0 bridgehead atoms. The molecule has 2 N–H and O–H groups in total. The summed E-state index contributed by atoms with van der Waals surface area (Å²) in [5, 5.41) is 10.3. The van der Waals surface area contributed by atoms with Crippen molar-refractivity contribution in [2.45, 2.75) is 12.4 Å². The van der Waals surface area contributed by atoms with Gasteiger partial charge in [0.2, 0.25) is 0 Å². The molecule has 2 aromatic carbocycles. The number of fused-ring (bicyclic) bond motifs is 1. The summed E-state index contributed by atoms with van der Waals surface area (Å²) in [6.07, 6.45) is -9.53. The molecule has 26 heavy (non-hydrogen) atoms. The number of aromatic hydroxyl groups is 1. The molecule has 0 aliphatic rings. The Morgan fingerprint density at radius 3 is 2.23 bits per heavy atom. The van der Waals surface area contributed by atoms with E-state index in [2.05, 4.69) is 9.98 Å². The normalized spacial score (nSPS) is 13.0. The first-order valence-electron chi connectivity index (χ1n) is 7.20. The molecule has 0 atom stereocenters. The zero-order chi connectivity index (χ0) is 19.1. The van der Waals surface area contributed by atoms with Crippen molar-refractivity contribution in [3.63, 3.8) is 0 Å². The number of aromatic nitrogens is 1. The molecule has 0 radical (unpaired) electrons. The lowest BCUT2D eigenvalue weighted by Crippen LogP contribution is -2.16. The Kier molecular flexibility index (Phi) is 4.17. The van der Waals surface area contributed by atoms with Crippen LogP contribution in [0.2, 0.25) is 0 Å².